The van der Waals surface area contributed by atoms with Gasteiger partial charge in [0.15, 0.2) is 12.2 Å². The van der Waals surface area contributed by atoms with Crippen molar-refractivity contribution in [3.63, 3.8) is 0 Å². The highest BCUT2D eigenvalue weighted by molar-refractivity contribution is 5.87. The van der Waals surface area contributed by atoms with Gasteiger partial charge in [-0.3, -0.25) is 28.8 Å². The number of hydrogen-bond donors (Lipinski definition) is 2. The number of benzene rings is 1. The lowest BCUT2D eigenvalue weighted by molar-refractivity contribution is -0.850. The van der Waals surface area contributed by atoms with Crippen LogP contribution in [0.4, 0.5) is 0 Å². The summed E-state index contributed by atoms with van der Waals surface area (Å²) in [5, 5.41) is 31.5. The minimum absolute atomic E-state index is 0.0170. The molecule has 0 aliphatic carbocycles. The van der Waals surface area contributed by atoms with Gasteiger partial charge < -0.3 is 53.3 Å². The lowest BCUT2D eigenvalue weighted by Crippen LogP contribution is -2.76. The van der Waals surface area contributed by atoms with Crippen LogP contribution in [0.25, 0.3) is 0 Å². The summed E-state index contributed by atoms with van der Waals surface area (Å²) in [5.41, 5.74) is 0.800. The summed E-state index contributed by atoms with van der Waals surface area (Å²) in [6, 6.07) is 4.45. The Labute approximate surface area is 469 Å². The van der Waals surface area contributed by atoms with Crippen molar-refractivity contribution in [3.8, 4) is 5.75 Å². The molecule has 29 nitrogen and oxygen atoms in total. The van der Waals surface area contributed by atoms with Crippen LogP contribution in [0, 0.1) is 25.4 Å². The normalized spacial score (nSPS) is 12.2. The first kappa shape index (κ1) is 71.7. The number of nitrogens with zero attached hydrogens (tertiary/aromatic N) is 2. The van der Waals surface area contributed by atoms with Crippen molar-refractivity contribution in [2.75, 3.05) is 46.2 Å². The van der Waals surface area contributed by atoms with Crippen molar-refractivity contribution >= 4 is 53.7 Å². The van der Waals surface area contributed by atoms with Crippen molar-refractivity contribution in [1.29, 1.82) is 0 Å². The predicted octanol–water partition coefficient (Wildman–Crippen LogP) is 4.58. The quantitative estimate of drug-likeness (QED) is 0.0225. The summed E-state index contributed by atoms with van der Waals surface area (Å²) in [5.74, 6) is -5.81. The maximum Gasteiger partial charge on any atom is 0.352 e. The lowest BCUT2D eigenvalue weighted by Gasteiger charge is -2.20. The summed E-state index contributed by atoms with van der Waals surface area (Å²) in [7, 11) is 0. The molecule has 4 unspecified atom stereocenters. The fourth-order valence-corrected chi connectivity index (χ4v) is 6.94. The van der Waals surface area contributed by atoms with Crippen LogP contribution in [0.5, 0.6) is 5.75 Å². The molecule has 1 rings (SSSR count). The van der Waals surface area contributed by atoms with Crippen LogP contribution < -0.4 is 15.7 Å². The number of carbonyl (C=O) groups is 9. The first-order chi connectivity index (χ1) is 38.8. The second kappa shape index (κ2) is 45.5. The number of nitrogens with one attached hydrogen (secondary N) is 1. The van der Waals surface area contributed by atoms with E-state index in [1.165, 1.54) is 38.1 Å². The number of amides is 1. The van der Waals surface area contributed by atoms with Crippen molar-refractivity contribution in [2.24, 2.45) is 0 Å². The number of hydrogen-bond acceptors (Lipinski definition) is 25. The highest BCUT2D eigenvalue weighted by atomic mass is 17.0. The van der Waals surface area contributed by atoms with Crippen molar-refractivity contribution in [2.45, 2.75) is 193 Å². The standard InChI is InChI=1S/C52H80N4O25/c1-38(79-52(65)43(53-44(57)21-9-4-18-35-76-54-66)37-41-26-28-42(29-27-41)80-50(63)39(2)78-51(64)40(3)81-56(69)70)49(62)75-34-17-8-13-25-47(60)73-32-15-6-11-23-45(58)71-30-14-5-10-22-46(59)72-31-16-7-12-24-48(61)74-33-19-20-36-77-55(67)68/h26-29,38-40,43H,4-25,30-37,54H2,1-3H3,(H,53,57). The monoisotopic (exact) mass is 1160 g/mol. The minimum Gasteiger partial charge on any atom is -0.601 e. The van der Waals surface area contributed by atoms with Gasteiger partial charge in [-0.15, -0.1) is 20.2 Å². The minimum atomic E-state index is -1.59. The molecule has 29 heteroatoms. The smallest absolute Gasteiger partial charge is 0.352 e. The average Bonchev–Trinajstić information content (AvgIpc) is 3.43. The maximum absolute atomic E-state index is 13.4. The number of ether oxygens (including phenoxy) is 8. The van der Waals surface area contributed by atoms with E-state index in [0.717, 1.165) is 6.92 Å². The van der Waals surface area contributed by atoms with Crippen LogP contribution >= 0.6 is 0 Å². The molecule has 0 heterocycles. The van der Waals surface area contributed by atoms with Gasteiger partial charge in [-0.25, -0.2) is 29.7 Å². The zero-order chi connectivity index (χ0) is 60.0. The molecule has 1 aromatic carbocycles. The van der Waals surface area contributed by atoms with Crippen molar-refractivity contribution in [1.82, 2.24) is 5.32 Å². The van der Waals surface area contributed by atoms with Gasteiger partial charge >= 0.3 is 47.8 Å². The third kappa shape index (κ3) is 39.7. The van der Waals surface area contributed by atoms with E-state index in [9.17, 15) is 68.6 Å². The molecule has 0 saturated heterocycles. The van der Waals surface area contributed by atoms with Gasteiger partial charge in [0.05, 0.1) is 39.6 Å². The van der Waals surface area contributed by atoms with E-state index in [4.69, 9.17) is 37.9 Å². The highest BCUT2D eigenvalue weighted by Gasteiger charge is 2.29. The van der Waals surface area contributed by atoms with E-state index in [2.05, 4.69) is 19.8 Å². The molecule has 81 heavy (non-hydrogen) atoms. The van der Waals surface area contributed by atoms with Crippen molar-refractivity contribution in [3.05, 3.63) is 55.3 Å². The lowest BCUT2D eigenvalue weighted by atomic mass is 10.0. The van der Waals surface area contributed by atoms with Gasteiger partial charge in [0, 0.05) is 38.5 Å². The van der Waals surface area contributed by atoms with Gasteiger partial charge in [-0.2, -0.15) is 0 Å². The molecule has 0 fully saturated rings. The van der Waals surface area contributed by atoms with Crippen molar-refractivity contribution < 1.29 is 111 Å². The van der Waals surface area contributed by atoms with E-state index in [-0.39, 0.29) is 114 Å². The van der Waals surface area contributed by atoms with E-state index < -0.39 is 64.3 Å². The Morgan fingerprint density at radius 3 is 1.33 bits per heavy atom. The fourth-order valence-electron chi connectivity index (χ4n) is 6.94. The van der Waals surface area contributed by atoms with Gasteiger partial charge in [-0.1, -0.05) is 18.6 Å². The fraction of sp³-hybridized carbons (Fsp3) is 0.712. The Balaban J connectivity index is 2.28. The predicted molar refractivity (Wildman–Crippen MR) is 277 cm³/mol. The Morgan fingerprint density at radius 1 is 0.469 bits per heavy atom. The molecular formula is C52H80N4O25. The number of carbonyl (C=O) groups excluding carboxylic acids is 9. The van der Waals surface area contributed by atoms with Crippen LogP contribution in [0.2, 0.25) is 0 Å². The second-order valence-electron chi connectivity index (χ2n) is 18.4. The molecule has 458 valence electrons. The summed E-state index contributed by atoms with van der Waals surface area (Å²) in [6.45, 7) is 4.55. The molecule has 3 N–H and O–H groups in total. The SMILES string of the molecule is CC(OC(=O)C(Cc1ccc(OC(=O)C(C)OC(=O)C(C)O[N+](=O)[O-])cc1)NC(=O)CCCCCO[NH2+][O-])C(=O)OCCCCCC(=O)OCCCCCC(=O)OCCCCCC(=O)OCCCCCC(=O)OCCCCO[N+](=O)[O-]. The van der Waals surface area contributed by atoms with E-state index >= 15 is 0 Å². The summed E-state index contributed by atoms with van der Waals surface area (Å²) >= 11 is 0. The third-order valence-corrected chi connectivity index (χ3v) is 11.4. The molecule has 0 bridgehead atoms. The number of esters is 8. The van der Waals surface area contributed by atoms with Gasteiger partial charge in [0.2, 0.25) is 12.0 Å². The molecule has 0 aliphatic heterocycles. The van der Waals surface area contributed by atoms with Gasteiger partial charge in [0.25, 0.3) is 10.2 Å². The summed E-state index contributed by atoms with van der Waals surface area (Å²) < 4.78 is 41.6. The van der Waals surface area contributed by atoms with Crippen LogP contribution in [0.3, 0.4) is 0 Å². The van der Waals surface area contributed by atoms with E-state index in [0.29, 0.717) is 120 Å². The Hall–Kier alpha value is -7.27. The van der Waals surface area contributed by atoms with Crippen LogP contribution in [0.1, 0.15) is 168 Å². The molecular weight excluding hydrogens is 1080 g/mol. The molecule has 0 saturated carbocycles. The molecule has 1 amide bonds. The van der Waals surface area contributed by atoms with Gasteiger partial charge in [-0.05, 0) is 141 Å². The second-order valence-corrected chi connectivity index (χ2v) is 18.4. The number of unbranched alkanes of at least 4 members (excludes halogenated alkanes) is 11. The van der Waals surface area contributed by atoms with Crippen LogP contribution in [-0.4, -0.2) is 134 Å². The summed E-state index contributed by atoms with van der Waals surface area (Å²) in [6.07, 6.45) is 5.66. The first-order valence-corrected chi connectivity index (χ1v) is 27.2. The number of rotatable bonds is 49. The Bertz CT molecular complexity index is 2060. The number of nitrogens with two attached hydrogens (primary N) is 1. The zero-order valence-electron chi connectivity index (χ0n) is 46.5. The molecule has 0 aliphatic rings. The van der Waals surface area contributed by atoms with Crippen LogP contribution in [0.15, 0.2) is 24.3 Å². The highest BCUT2D eigenvalue weighted by Crippen LogP contribution is 2.17. The topological polar surface area (TPSA) is 393 Å². The average molecular weight is 1160 g/mol. The third-order valence-electron chi connectivity index (χ3n) is 11.4. The number of quaternary nitrogens is 1. The summed E-state index contributed by atoms with van der Waals surface area (Å²) in [4.78, 5) is 145. The van der Waals surface area contributed by atoms with Gasteiger partial charge in [0.1, 0.15) is 18.4 Å². The molecule has 4 atom stereocenters. The molecule has 0 radical (unpaired) electrons. The Kier molecular flexibility index (Phi) is 40.3. The Morgan fingerprint density at radius 2 is 0.877 bits per heavy atom. The molecule has 1 aromatic rings. The van der Waals surface area contributed by atoms with Crippen LogP contribution in [-0.2, 0) is 97.2 Å². The van der Waals surface area contributed by atoms with E-state index in [1.807, 2.05) is 0 Å². The first-order valence-electron chi connectivity index (χ1n) is 27.2. The zero-order valence-corrected chi connectivity index (χ0v) is 46.5. The molecule has 0 spiro atoms. The largest absolute Gasteiger partial charge is 0.601 e. The van der Waals surface area contributed by atoms with E-state index in [1.54, 1.807) is 0 Å². The molecule has 0 aromatic heterocycles. The maximum atomic E-state index is 13.4.